The van der Waals surface area contributed by atoms with Crippen LogP contribution in [0.15, 0.2) is 29.3 Å². The number of methoxy groups -OCH3 is 1. The number of rotatable bonds is 10. The third-order valence-corrected chi connectivity index (χ3v) is 4.61. The third-order valence-electron chi connectivity index (χ3n) is 4.36. The predicted octanol–water partition coefficient (Wildman–Crippen LogP) is 3.20. The monoisotopic (exact) mass is 397 g/mol. The van der Waals surface area contributed by atoms with Gasteiger partial charge in [0.15, 0.2) is 5.96 Å². The van der Waals surface area contributed by atoms with Crippen molar-refractivity contribution < 1.29 is 14.2 Å². The van der Waals surface area contributed by atoms with Gasteiger partial charge < -0.3 is 24.4 Å². The molecule has 0 radical (unpaired) electrons. The quantitative estimate of drug-likeness (QED) is 0.373. The lowest BCUT2D eigenvalue weighted by Gasteiger charge is -2.34. The second-order valence-corrected chi connectivity index (χ2v) is 6.88. The van der Waals surface area contributed by atoms with Gasteiger partial charge in [-0.05, 0) is 50.5 Å². The van der Waals surface area contributed by atoms with Gasteiger partial charge in [0.2, 0.25) is 0 Å². The zero-order valence-electron chi connectivity index (χ0n) is 16.5. The number of nitrogens with zero attached hydrogens (tertiary/aromatic N) is 2. The SMILES string of the molecule is CCNC(=NCCOc1ccc(Cl)cc1)N1CCC(OCCCOC)CC1. The lowest BCUT2D eigenvalue weighted by atomic mass is 10.1. The smallest absolute Gasteiger partial charge is 0.194 e. The number of piperidine rings is 1. The Labute approximate surface area is 167 Å². The number of aliphatic imine (C=N–C) groups is 1. The third kappa shape index (κ3) is 8.37. The van der Waals surface area contributed by atoms with Crippen LogP contribution in [-0.2, 0) is 9.47 Å². The number of hydrogen-bond donors (Lipinski definition) is 1. The lowest BCUT2D eigenvalue weighted by Crippen LogP contribution is -2.47. The molecular formula is C20H32ClN3O3. The van der Waals surface area contributed by atoms with E-state index in [1.165, 1.54) is 0 Å². The van der Waals surface area contributed by atoms with Crippen molar-refractivity contribution >= 4 is 17.6 Å². The fourth-order valence-electron chi connectivity index (χ4n) is 2.96. The number of benzene rings is 1. The van der Waals surface area contributed by atoms with Crippen LogP contribution in [0.5, 0.6) is 5.75 Å². The summed E-state index contributed by atoms with van der Waals surface area (Å²) < 4.78 is 16.7. The molecule has 0 aliphatic carbocycles. The molecule has 1 fully saturated rings. The highest BCUT2D eigenvalue weighted by molar-refractivity contribution is 6.30. The maximum Gasteiger partial charge on any atom is 0.194 e. The van der Waals surface area contributed by atoms with Crippen LogP contribution in [0.4, 0.5) is 0 Å². The molecule has 0 amide bonds. The van der Waals surface area contributed by atoms with Crippen LogP contribution in [0.1, 0.15) is 26.2 Å². The summed E-state index contributed by atoms with van der Waals surface area (Å²) in [7, 11) is 1.72. The molecule has 27 heavy (non-hydrogen) atoms. The molecule has 1 N–H and O–H groups in total. The standard InChI is InChI=1S/C20H32ClN3O3/c1-3-22-20(23-11-16-27-18-7-5-17(21)6-8-18)24-12-9-19(10-13-24)26-15-4-14-25-2/h5-8,19H,3-4,9-16H2,1-2H3,(H,22,23). The van der Waals surface area contributed by atoms with Crippen LogP contribution < -0.4 is 10.1 Å². The fraction of sp³-hybridized carbons (Fsp3) is 0.650. The van der Waals surface area contributed by atoms with Crippen molar-refractivity contribution in [2.75, 3.05) is 53.1 Å². The van der Waals surface area contributed by atoms with Gasteiger partial charge in [-0.2, -0.15) is 0 Å². The van der Waals surface area contributed by atoms with Gasteiger partial charge in [0.1, 0.15) is 12.4 Å². The Bertz CT molecular complexity index is 546. The van der Waals surface area contributed by atoms with Crippen LogP contribution >= 0.6 is 11.6 Å². The highest BCUT2D eigenvalue weighted by Gasteiger charge is 2.21. The van der Waals surface area contributed by atoms with E-state index in [0.717, 1.165) is 63.8 Å². The molecule has 1 heterocycles. The highest BCUT2D eigenvalue weighted by atomic mass is 35.5. The molecule has 1 saturated heterocycles. The van der Waals surface area contributed by atoms with Crippen molar-refractivity contribution in [3.05, 3.63) is 29.3 Å². The van der Waals surface area contributed by atoms with E-state index < -0.39 is 0 Å². The number of guanidine groups is 1. The molecular weight excluding hydrogens is 366 g/mol. The number of ether oxygens (including phenoxy) is 3. The van der Waals surface area contributed by atoms with Gasteiger partial charge in [0.05, 0.1) is 12.6 Å². The summed E-state index contributed by atoms with van der Waals surface area (Å²) in [6.45, 7) is 7.53. The second kappa shape index (κ2) is 12.8. The molecule has 1 aliphatic heterocycles. The Morgan fingerprint density at radius 2 is 1.93 bits per heavy atom. The molecule has 152 valence electrons. The first-order valence-electron chi connectivity index (χ1n) is 9.75. The van der Waals surface area contributed by atoms with Gasteiger partial charge in [0.25, 0.3) is 0 Å². The maximum atomic E-state index is 5.93. The van der Waals surface area contributed by atoms with E-state index >= 15 is 0 Å². The largest absolute Gasteiger partial charge is 0.492 e. The van der Waals surface area contributed by atoms with E-state index in [4.69, 9.17) is 30.8 Å². The van der Waals surface area contributed by atoms with Crippen LogP contribution in [0.25, 0.3) is 0 Å². The lowest BCUT2D eigenvalue weighted by molar-refractivity contribution is 0.00990. The van der Waals surface area contributed by atoms with Gasteiger partial charge in [-0.3, -0.25) is 0 Å². The molecule has 0 aromatic heterocycles. The summed E-state index contributed by atoms with van der Waals surface area (Å²) in [5.74, 6) is 1.76. The number of nitrogens with one attached hydrogen (secondary N) is 1. The van der Waals surface area contributed by atoms with E-state index in [2.05, 4.69) is 17.1 Å². The molecule has 2 rings (SSSR count). The molecule has 0 unspecified atom stereocenters. The van der Waals surface area contributed by atoms with Crippen LogP contribution in [-0.4, -0.2) is 70.1 Å². The Kier molecular flexibility index (Phi) is 10.3. The van der Waals surface area contributed by atoms with E-state index in [1.807, 2.05) is 24.3 Å². The number of hydrogen-bond acceptors (Lipinski definition) is 4. The minimum Gasteiger partial charge on any atom is -0.492 e. The Hall–Kier alpha value is -1.50. The molecule has 0 saturated carbocycles. The maximum absolute atomic E-state index is 5.93. The van der Waals surface area contributed by atoms with Crippen LogP contribution in [0.3, 0.4) is 0 Å². The van der Waals surface area contributed by atoms with E-state index in [0.29, 0.717) is 24.3 Å². The normalized spacial score (nSPS) is 15.8. The second-order valence-electron chi connectivity index (χ2n) is 6.44. The highest BCUT2D eigenvalue weighted by Crippen LogP contribution is 2.16. The molecule has 0 atom stereocenters. The predicted molar refractivity (Wildman–Crippen MR) is 110 cm³/mol. The van der Waals surface area contributed by atoms with Gasteiger partial charge >= 0.3 is 0 Å². The van der Waals surface area contributed by atoms with Gasteiger partial charge in [-0.1, -0.05) is 11.6 Å². The Morgan fingerprint density at radius 1 is 1.19 bits per heavy atom. The molecule has 7 heteroatoms. The van der Waals surface area contributed by atoms with E-state index in [1.54, 1.807) is 7.11 Å². The number of halogens is 1. The number of likely N-dealkylation sites (tertiary alicyclic amines) is 1. The topological polar surface area (TPSA) is 55.3 Å². The average molecular weight is 398 g/mol. The van der Waals surface area contributed by atoms with E-state index in [-0.39, 0.29) is 0 Å². The van der Waals surface area contributed by atoms with Crippen molar-refractivity contribution in [2.24, 2.45) is 4.99 Å². The molecule has 0 spiro atoms. The summed E-state index contributed by atoms with van der Waals surface area (Å²) >= 11 is 5.88. The average Bonchev–Trinajstić information content (AvgIpc) is 2.69. The molecule has 1 aromatic rings. The van der Waals surface area contributed by atoms with Crippen molar-refractivity contribution in [1.82, 2.24) is 10.2 Å². The molecule has 1 aliphatic rings. The first-order chi connectivity index (χ1) is 13.2. The summed E-state index contributed by atoms with van der Waals surface area (Å²) in [5.41, 5.74) is 0. The summed E-state index contributed by atoms with van der Waals surface area (Å²) in [4.78, 5) is 7.01. The van der Waals surface area contributed by atoms with Crippen molar-refractivity contribution in [2.45, 2.75) is 32.3 Å². The van der Waals surface area contributed by atoms with Crippen molar-refractivity contribution in [1.29, 1.82) is 0 Å². The van der Waals surface area contributed by atoms with Crippen molar-refractivity contribution in [3.63, 3.8) is 0 Å². The minimum absolute atomic E-state index is 0.342. The molecule has 1 aromatic carbocycles. The first-order valence-corrected chi connectivity index (χ1v) is 10.1. The summed E-state index contributed by atoms with van der Waals surface area (Å²) in [6.07, 6.45) is 3.35. The summed E-state index contributed by atoms with van der Waals surface area (Å²) in [6, 6.07) is 7.39. The van der Waals surface area contributed by atoms with E-state index in [9.17, 15) is 0 Å². The van der Waals surface area contributed by atoms with Crippen LogP contribution in [0.2, 0.25) is 5.02 Å². The van der Waals surface area contributed by atoms with Crippen LogP contribution in [0, 0.1) is 0 Å². The fourth-order valence-corrected chi connectivity index (χ4v) is 3.09. The summed E-state index contributed by atoms with van der Waals surface area (Å²) in [5, 5.41) is 4.09. The minimum atomic E-state index is 0.342. The van der Waals surface area contributed by atoms with Gasteiger partial charge in [-0.25, -0.2) is 4.99 Å². The Morgan fingerprint density at radius 3 is 2.59 bits per heavy atom. The zero-order valence-corrected chi connectivity index (χ0v) is 17.2. The molecule has 6 nitrogen and oxygen atoms in total. The van der Waals surface area contributed by atoms with Gasteiger partial charge in [0, 0.05) is 45.0 Å². The van der Waals surface area contributed by atoms with Crippen molar-refractivity contribution in [3.8, 4) is 5.75 Å². The Balaban J connectivity index is 1.72. The zero-order chi connectivity index (χ0) is 19.3. The van der Waals surface area contributed by atoms with Gasteiger partial charge in [-0.15, -0.1) is 0 Å². The molecule has 0 bridgehead atoms. The first kappa shape index (κ1) is 21.8.